The first-order valence-electron chi connectivity index (χ1n) is 7.64. The number of ether oxygens (including phenoxy) is 1. The summed E-state index contributed by atoms with van der Waals surface area (Å²) in [5.74, 6) is -0.281. The second-order valence-electron chi connectivity index (χ2n) is 5.09. The molecule has 4 nitrogen and oxygen atoms in total. The Bertz CT molecular complexity index is 745. The zero-order chi connectivity index (χ0) is 18.1. The van der Waals surface area contributed by atoms with Crippen LogP contribution in [0.15, 0.2) is 65.2 Å². The maximum Gasteiger partial charge on any atom is 0.354 e. The van der Waals surface area contributed by atoms with Crippen LogP contribution in [0.2, 0.25) is 5.02 Å². The molecule has 0 spiro atoms. The van der Waals surface area contributed by atoms with E-state index in [1.165, 1.54) is 6.92 Å². The van der Waals surface area contributed by atoms with Crippen molar-refractivity contribution >= 4 is 41.3 Å². The third kappa shape index (κ3) is 7.03. The summed E-state index contributed by atoms with van der Waals surface area (Å²) in [4.78, 5) is 24.6. The summed E-state index contributed by atoms with van der Waals surface area (Å²) < 4.78 is 5.25. The number of rotatable bonds is 7. The van der Waals surface area contributed by atoms with Gasteiger partial charge < -0.3 is 10.1 Å². The average molecular weight is 376 g/mol. The molecule has 25 heavy (non-hydrogen) atoms. The molecule has 0 radical (unpaired) electrons. The molecule has 0 saturated heterocycles. The second-order valence-corrected chi connectivity index (χ2v) is 6.69. The lowest BCUT2D eigenvalue weighted by molar-refractivity contribution is -0.139. The number of carbonyl (C=O) groups excluding carboxylic acids is 2. The van der Waals surface area contributed by atoms with Gasteiger partial charge in [0.2, 0.25) is 5.91 Å². The minimum absolute atomic E-state index is 0.121. The van der Waals surface area contributed by atoms with Crippen LogP contribution >= 0.6 is 23.4 Å². The van der Waals surface area contributed by atoms with Crippen LogP contribution in [0, 0.1) is 0 Å². The first kappa shape index (κ1) is 19.1. The minimum Gasteiger partial charge on any atom is -0.460 e. The third-order valence-electron chi connectivity index (χ3n) is 3.04. The van der Waals surface area contributed by atoms with E-state index in [0.717, 1.165) is 10.5 Å². The van der Waals surface area contributed by atoms with Crippen molar-refractivity contribution in [2.24, 2.45) is 0 Å². The van der Waals surface area contributed by atoms with Gasteiger partial charge in [0.05, 0.1) is 0 Å². The molecule has 2 aromatic carbocycles. The Balaban J connectivity index is 1.89. The van der Waals surface area contributed by atoms with Crippen LogP contribution in [-0.2, 0) is 14.3 Å². The van der Waals surface area contributed by atoms with Crippen LogP contribution in [0.4, 0.5) is 0 Å². The van der Waals surface area contributed by atoms with Crippen molar-refractivity contribution in [2.75, 3.05) is 12.4 Å². The fraction of sp³-hybridized carbons (Fsp3) is 0.158. The Kier molecular flexibility index (Phi) is 7.57. The van der Waals surface area contributed by atoms with E-state index < -0.39 is 5.97 Å². The van der Waals surface area contributed by atoms with Gasteiger partial charge in [0.15, 0.2) is 0 Å². The lowest BCUT2D eigenvalue weighted by Gasteiger charge is -2.09. The molecule has 0 aliphatic carbocycles. The zero-order valence-electron chi connectivity index (χ0n) is 13.7. The summed E-state index contributed by atoms with van der Waals surface area (Å²) >= 11 is 7.40. The lowest BCUT2D eigenvalue weighted by atomic mass is 10.2. The van der Waals surface area contributed by atoms with Crippen LogP contribution in [0.3, 0.4) is 0 Å². The van der Waals surface area contributed by atoms with E-state index in [1.54, 1.807) is 17.8 Å². The van der Waals surface area contributed by atoms with Crippen LogP contribution in [-0.4, -0.2) is 24.2 Å². The molecule has 0 unspecified atom stereocenters. The fourth-order valence-electron chi connectivity index (χ4n) is 1.95. The Morgan fingerprint density at radius 2 is 1.80 bits per heavy atom. The zero-order valence-corrected chi connectivity index (χ0v) is 15.3. The van der Waals surface area contributed by atoms with Crippen molar-refractivity contribution in [3.8, 4) is 0 Å². The van der Waals surface area contributed by atoms with E-state index >= 15 is 0 Å². The van der Waals surface area contributed by atoms with Gasteiger partial charge in [-0.3, -0.25) is 4.79 Å². The van der Waals surface area contributed by atoms with Gasteiger partial charge in [-0.1, -0.05) is 41.9 Å². The van der Waals surface area contributed by atoms with Crippen molar-refractivity contribution in [1.29, 1.82) is 0 Å². The summed E-state index contributed by atoms with van der Waals surface area (Å²) in [7, 11) is 0. The van der Waals surface area contributed by atoms with E-state index in [2.05, 4.69) is 5.32 Å². The summed E-state index contributed by atoms with van der Waals surface area (Å²) in [6.45, 7) is 1.58. The highest BCUT2D eigenvalue weighted by atomic mass is 35.5. The predicted octanol–water partition coefficient (Wildman–Crippen LogP) is 4.15. The van der Waals surface area contributed by atoms with Gasteiger partial charge in [-0.2, -0.15) is 0 Å². The molecule has 1 N–H and O–H groups in total. The Hall–Kier alpha value is -2.24. The highest BCUT2D eigenvalue weighted by molar-refractivity contribution is 7.99. The smallest absolute Gasteiger partial charge is 0.354 e. The fourth-order valence-corrected chi connectivity index (χ4v) is 2.81. The Morgan fingerprint density at radius 1 is 1.12 bits per heavy atom. The lowest BCUT2D eigenvalue weighted by Crippen LogP contribution is -2.26. The first-order chi connectivity index (χ1) is 12.0. The molecule has 6 heteroatoms. The van der Waals surface area contributed by atoms with Crippen molar-refractivity contribution < 1.29 is 14.3 Å². The molecule has 0 aromatic heterocycles. The molecule has 130 valence electrons. The SMILES string of the molecule is CC(=O)N/C(=C\c1ccccc1)C(=O)OCCSc1ccc(Cl)cc1. The summed E-state index contributed by atoms with van der Waals surface area (Å²) in [5.41, 5.74) is 0.925. The molecule has 0 fully saturated rings. The normalized spacial score (nSPS) is 11.0. The molecule has 1 amide bonds. The molecular weight excluding hydrogens is 358 g/mol. The van der Waals surface area contributed by atoms with Crippen LogP contribution in [0.5, 0.6) is 0 Å². The number of esters is 1. The Morgan fingerprint density at radius 3 is 2.44 bits per heavy atom. The topological polar surface area (TPSA) is 55.4 Å². The van der Waals surface area contributed by atoms with Gasteiger partial charge in [-0.25, -0.2) is 4.79 Å². The highest BCUT2D eigenvalue weighted by Crippen LogP contribution is 2.20. The third-order valence-corrected chi connectivity index (χ3v) is 4.27. The van der Waals surface area contributed by atoms with Crippen molar-refractivity contribution in [3.63, 3.8) is 0 Å². The monoisotopic (exact) mass is 375 g/mol. The summed E-state index contributed by atoms with van der Waals surface area (Å²) in [6.07, 6.45) is 1.59. The van der Waals surface area contributed by atoms with E-state index in [0.29, 0.717) is 10.8 Å². The quantitative estimate of drug-likeness (QED) is 0.342. The van der Waals surface area contributed by atoms with E-state index in [1.807, 2.05) is 54.6 Å². The average Bonchev–Trinajstić information content (AvgIpc) is 2.60. The highest BCUT2D eigenvalue weighted by Gasteiger charge is 2.12. The van der Waals surface area contributed by atoms with Crippen molar-refractivity contribution in [2.45, 2.75) is 11.8 Å². The first-order valence-corrected chi connectivity index (χ1v) is 9.01. The van der Waals surface area contributed by atoms with Crippen LogP contribution in [0.1, 0.15) is 12.5 Å². The maximum absolute atomic E-state index is 12.2. The van der Waals surface area contributed by atoms with Gasteiger partial charge >= 0.3 is 5.97 Å². The molecule has 2 rings (SSSR count). The van der Waals surface area contributed by atoms with Gasteiger partial charge in [0.1, 0.15) is 12.3 Å². The summed E-state index contributed by atoms with van der Waals surface area (Å²) in [6, 6.07) is 16.7. The predicted molar refractivity (Wildman–Crippen MR) is 101 cm³/mol. The number of halogens is 1. The van der Waals surface area contributed by atoms with Crippen molar-refractivity contribution in [1.82, 2.24) is 5.32 Å². The number of benzene rings is 2. The van der Waals surface area contributed by atoms with Crippen molar-refractivity contribution in [3.05, 3.63) is 70.9 Å². The van der Waals surface area contributed by atoms with Gasteiger partial charge in [-0.05, 0) is 35.9 Å². The van der Waals surface area contributed by atoms with Crippen LogP contribution in [0.25, 0.3) is 6.08 Å². The molecule has 0 aliphatic rings. The molecular formula is C19H18ClNO3S. The molecule has 0 bridgehead atoms. The molecule has 0 atom stereocenters. The van der Waals surface area contributed by atoms with Gasteiger partial charge in [0.25, 0.3) is 0 Å². The number of thioether (sulfide) groups is 1. The number of carbonyl (C=O) groups is 2. The largest absolute Gasteiger partial charge is 0.460 e. The van der Waals surface area contributed by atoms with Gasteiger partial charge in [0, 0.05) is 22.6 Å². The van der Waals surface area contributed by atoms with Gasteiger partial charge in [-0.15, -0.1) is 11.8 Å². The standard InChI is InChI=1S/C19H18ClNO3S/c1-14(22)21-18(13-15-5-3-2-4-6-15)19(23)24-11-12-25-17-9-7-16(20)8-10-17/h2-10,13H,11-12H2,1H3,(H,21,22)/b18-13-. The minimum atomic E-state index is -0.559. The van der Waals surface area contributed by atoms with E-state index in [4.69, 9.17) is 16.3 Å². The summed E-state index contributed by atoms with van der Waals surface area (Å²) in [5, 5.41) is 3.20. The number of hydrogen-bond donors (Lipinski definition) is 1. The number of nitrogens with one attached hydrogen (secondary N) is 1. The molecule has 0 aliphatic heterocycles. The van der Waals surface area contributed by atoms with E-state index in [-0.39, 0.29) is 18.2 Å². The molecule has 0 saturated carbocycles. The maximum atomic E-state index is 12.2. The number of hydrogen-bond acceptors (Lipinski definition) is 4. The van der Waals surface area contributed by atoms with E-state index in [9.17, 15) is 9.59 Å². The van der Waals surface area contributed by atoms with Crippen LogP contribution < -0.4 is 5.32 Å². The molecule has 0 heterocycles. The number of amides is 1. The Labute approximate surface area is 156 Å². The molecule has 2 aromatic rings. The second kappa shape index (κ2) is 9.91.